The molecule has 0 aliphatic carbocycles. The average molecular weight is 293 g/mol. The van der Waals surface area contributed by atoms with Gasteiger partial charge in [0.25, 0.3) is 0 Å². The maximum absolute atomic E-state index is 13.9. The molecule has 0 radical (unpaired) electrons. The SMILES string of the molecule is CC(Cc1cccs1)N(C)c1cccc(F)c1[C@H](C)O. The van der Waals surface area contributed by atoms with Crippen molar-refractivity contribution in [2.24, 2.45) is 0 Å². The standard InChI is InChI=1S/C16H20FNOS/c1-11(10-13-6-5-9-20-13)18(3)15-8-4-7-14(17)16(15)12(2)19/h4-9,11-12,19H,10H2,1-3H3/t11?,12-/m0/s1. The molecule has 0 fully saturated rings. The zero-order valence-electron chi connectivity index (χ0n) is 12.0. The molecule has 1 aromatic carbocycles. The van der Waals surface area contributed by atoms with Gasteiger partial charge in [0.15, 0.2) is 0 Å². The molecule has 0 spiro atoms. The third-order valence-electron chi connectivity index (χ3n) is 3.57. The van der Waals surface area contributed by atoms with Crippen molar-refractivity contribution in [3.63, 3.8) is 0 Å². The second kappa shape index (κ2) is 6.37. The molecule has 1 N–H and O–H groups in total. The molecule has 2 atom stereocenters. The van der Waals surface area contributed by atoms with Crippen LogP contribution in [0.5, 0.6) is 0 Å². The predicted molar refractivity (Wildman–Crippen MR) is 82.9 cm³/mol. The lowest BCUT2D eigenvalue weighted by atomic mass is 10.0. The Morgan fingerprint density at radius 1 is 1.25 bits per heavy atom. The molecule has 2 nitrogen and oxygen atoms in total. The average Bonchev–Trinajstić information content (AvgIpc) is 2.89. The van der Waals surface area contributed by atoms with E-state index in [0.29, 0.717) is 5.56 Å². The van der Waals surface area contributed by atoms with E-state index in [1.165, 1.54) is 10.9 Å². The van der Waals surface area contributed by atoms with Gasteiger partial charge in [-0.15, -0.1) is 11.3 Å². The minimum atomic E-state index is -0.817. The van der Waals surface area contributed by atoms with E-state index in [1.54, 1.807) is 24.3 Å². The van der Waals surface area contributed by atoms with Crippen LogP contribution in [0.3, 0.4) is 0 Å². The van der Waals surface area contributed by atoms with Crippen molar-refractivity contribution in [3.05, 3.63) is 52.0 Å². The summed E-state index contributed by atoms with van der Waals surface area (Å²) in [6.45, 7) is 3.70. The lowest BCUT2D eigenvalue weighted by Crippen LogP contribution is -2.31. The van der Waals surface area contributed by atoms with Gasteiger partial charge in [-0.05, 0) is 37.4 Å². The molecule has 1 heterocycles. The summed E-state index contributed by atoms with van der Waals surface area (Å²) < 4.78 is 13.9. The number of rotatable bonds is 5. The third kappa shape index (κ3) is 3.19. The molecule has 20 heavy (non-hydrogen) atoms. The fraction of sp³-hybridized carbons (Fsp3) is 0.375. The van der Waals surface area contributed by atoms with Crippen LogP contribution in [0.1, 0.15) is 30.4 Å². The molecule has 0 amide bonds. The Bertz CT molecular complexity index is 554. The maximum atomic E-state index is 13.9. The van der Waals surface area contributed by atoms with Crippen molar-refractivity contribution in [1.29, 1.82) is 0 Å². The molecule has 0 aliphatic heterocycles. The number of likely N-dealkylation sites (N-methyl/N-ethyl adjacent to an activating group) is 1. The highest BCUT2D eigenvalue weighted by Gasteiger charge is 2.19. The summed E-state index contributed by atoms with van der Waals surface area (Å²) in [6.07, 6.45) is 0.0896. The molecule has 108 valence electrons. The Morgan fingerprint density at radius 3 is 2.60 bits per heavy atom. The summed E-state index contributed by atoms with van der Waals surface area (Å²) in [6, 6.07) is 9.31. The quantitative estimate of drug-likeness (QED) is 0.900. The number of anilines is 1. The van der Waals surface area contributed by atoms with Crippen LogP contribution in [-0.2, 0) is 6.42 Å². The Kier molecular flexibility index (Phi) is 4.78. The highest BCUT2D eigenvalue weighted by Crippen LogP contribution is 2.30. The van der Waals surface area contributed by atoms with Gasteiger partial charge in [-0.25, -0.2) is 4.39 Å². The largest absolute Gasteiger partial charge is 0.389 e. The van der Waals surface area contributed by atoms with Gasteiger partial charge < -0.3 is 10.0 Å². The van der Waals surface area contributed by atoms with Gasteiger partial charge in [0.1, 0.15) is 5.82 Å². The molecular formula is C16H20FNOS. The number of aliphatic hydroxyl groups is 1. The van der Waals surface area contributed by atoms with Gasteiger partial charge in [0.05, 0.1) is 6.10 Å². The van der Waals surface area contributed by atoms with Crippen LogP contribution >= 0.6 is 11.3 Å². The number of nitrogens with zero attached hydrogens (tertiary/aromatic N) is 1. The molecule has 0 aliphatic rings. The van der Waals surface area contributed by atoms with E-state index in [2.05, 4.69) is 18.4 Å². The monoisotopic (exact) mass is 293 g/mol. The summed E-state index contributed by atoms with van der Waals surface area (Å²) in [5.74, 6) is -0.354. The number of halogens is 1. The summed E-state index contributed by atoms with van der Waals surface area (Å²) >= 11 is 1.73. The molecule has 0 saturated carbocycles. The molecule has 0 bridgehead atoms. The van der Waals surface area contributed by atoms with Gasteiger partial charge >= 0.3 is 0 Å². The molecular weight excluding hydrogens is 273 g/mol. The van der Waals surface area contributed by atoms with Crippen molar-refractivity contribution in [2.75, 3.05) is 11.9 Å². The van der Waals surface area contributed by atoms with E-state index in [4.69, 9.17) is 0 Å². The minimum absolute atomic E-state index is 0.230. The topological polar surface area (TPSA) is 23.5 Å². The molecule has 1 aromatic heterocycles. The molecule has 2 rings (SSSR count). The van der Waals surface area contributed by atoms with E-state index < -0.39 is 6.10 Å². The summed E-state index contributed by atoms with van der Waals surface area (Å²) in [5, 5.41) is 11.9. The normalized spacial score (nSPS) is 14.1. The molecule has 4 heteroatoms. The van der Waals surface area contributed by atoms with Crippen LogP contribution in [0.2, 0.25) is 0 Å². The Labute approximate surface area is 123 Å². The number of aliphatic hydroxyl groups excluding tert-OH is 1. The van der Waals surface area contributed by atoms with Crippen LogP contribution in [0.4, 0.5) is 10.1 Å². The van der Waals surface area contributed by atoms with E-state index >= 15 is 0 Å². The van der Waals surface area contributed by atoms with Gasteiger partial charge in [-0.1, -0.05) is 12.1 Å². The first-order valence-corrected chi connectivity index (χ1v) is 7.60. The Balaban J connectivity index is 2.24. The van der Waals surface area contributed by atoms with Gasteiger partial charge in [-0.2, -0.15) is 0 Å². The van der Waals surface area contributed by atoms with Gasteiger partial charge in [0.2, 0.25) is 0 Å². The first kappa shape index (κ1) is 15.0. The molecule has 2 aromatic rings. The predicted octanol–water partition coefficient (Wildman–Crippen LogP) is 4.01. The van der Waals surface area contributed by atoms with Gasteiger partial charge in [0, 0.05) is 35.6 Å². The summed E-state index contributed by atoms with van der Waals surface area (Å²) in [7, 11) is 1.94. The van der Waals surface area contributed by atoms with E-state index in [9.17, 15) is 9.50 Å². The molecule has 0 saturated heterocycles. The second-order valence-electron chi connectivity index (χ2n) is 5.09. The zero-order valence-corrected chi connectivity index (χ0v) is 12.8. The van der Waals surface area contributed by atoms with Crippen molar-refractivity contribution in [3.8, 4) is 0 Å². The van der Waals surface area contributed by atoms with Crippen LogP contribution in [0.25, 0.3) is 0 Å². The Hall–Kier alpha value is -1.39. The van der Waals surface area contributed by atoms with E-state index in [-0.39, 0.29) is 11.9 Å². The van der Waals surface area contributed by atoms with Crippen molar-refractivity contribution >= 4 is 17.0 Å². The van der Waals surface area contributed by atoms with Crippen molar-refractivity contribution in [1.82, 2.24) is 0 Å². The lowest BCUT2D eigenvalue weighted by Gasteiger charge is -2.29. The summed E-state index contributed by atoms with van der Waals surface area (Å²) in [4.78, 5) is 3.34. The first-order valence-electron chi connectivity index (χ1n) is 6.72. The lowest BCUT2D eigenvalue weighted by molar-refractivity contribution is 0.194. The molecule has 1 unspecified atom stereocenters. The van der Waals surface area contributed by atoms with Gasteiger partial charge in [-0.3, -0.25) is 0 Å². The number of hydrogen-bond donors (Lipinski definition) is 1. The van der Waals surface area contributed by atoms with E-state index in [1.807, 2.05) is 24.1 Å². The fourth-order valence-corrected chi connectivity index (χ4v) is 3.17. The van der Waals surface area contributed by atoms with Crippen LogP contribution in [0.15, 0.2) is 35.7 Å². The van der Waals surface area contributed by atoms with Crippen LogP contribution in [0, 0.1) is 5.82 Å². The second-order valence-corrected chi connectivity index (χ2v) is 6.12. The zero-order chi connectivity index (χ0) is 14.7. The van der Waals surface area contributed by atoms with Crippen LogP contribution < -0.4 is 4.90 Å². The number of thiophene rings is 1. The van der Waals surface area contributed by atoms with E-state index in [0.717, 1.165) is 12.1 Å². The third-order valence-corrected chi connectivity index (χ3v) is 4.46. The smallest absolute Gasteiger partial charge is 0.131 e. The van der Waals surface area contributed by atoms with Crippen molar-refractivity contribution < 1.29 is 9.50 Å². The first-order chi connectivity index (χ1) is 9.50. The minimum Gasteiger partial charge on any atom is -0.389 e. The maximum Gasteiger partial charge on any atom is 0.131 e. The summed E-state index contributed by atoms with van der Waals surface area (Å²) in [5.41, 5.74) is 1.12. The highest BCUT2D eigenvalue weighted by atomic mass is 32.1. The number of benzene rings is 1. The number of hydrogen-bond acceptors (Lipinski definition) is 3. The van der Waals surface area contributed by atoms with Crippen LogP contribution in [-0.4, -0.2) is 18.2 Å². The fourth-order valence-electron chi connectivity index (χ4n) is 2.34. The Morgan fingerprint density at radius 2 is 2.00 bits per heavy atom. The highest BCUT2D eigenvalue weighted by molar-refractivity contribution is 7.09. The van der Waals surface area contributed by atoms with Crippen molar-refractivity contribution in [2.45, 2.75) is 32.4 Å².